The molecular weight excluding hydrogens is 352 g/mol. The fourth-order valence-corrected chi connectivity index (χ4v) is 8.32. The predicted octanol–water partition coefficient (Wildman–Crippen LogP) is 7.41. The molecule has 0 spiro atoms. The number of hydrogen-bond donors (Lipinski definition) is 1. The number of hydrogen-bond acceptors (Lipinski definition) is 1. The van der Waals surface area contributed by atoms with Crippen LogP contribution in [0.1, 0.15) is 92.9 Å². The van der Waals surface area contributed by atoms with Crippen LogP contribution in [0.3, 0.4) is 0 Å². The van der Waals surface area contributed by atoms with Crippen molar-refractivity contribution in [1.29, 1.82) is 0 Å². The van der Waals surface area contributed by atoms with Crippen molar-refractivity contribution in [2.75, 3.05) is 0 Å². The molecule has 0 heterocycles. The first-order valence-corrected chi connectivity index (χ1v) is 12.7. The van der Waals surface area contributed by atoms with E-state index < -0.39 is 0 Å². The highest BCUT2D eigenvalue weighted by Gasteiger charge is 2.59. The van der Waals surface area contributed by atoms with Crippen molar-refractivity contribution in [2.24, 2.45) is 52.3 Å². The summed E-state index contributed by atoms with van der Waals surface area (Å²) in [4.78, 5) is 0. The second-order valence-corrected chi connectivity index (χ2v) is 12.2. The lowest BCUT2D eigenvalue weighted by molar-refractivity contribution is -0.0595. The zero-order valence-electron chi connectivity index (χ0n) is 20.0. The smallest absolute Gasteiger partial charge is 0.0724 e. The highest BCUT2D eigenvalue weighted by atomic mass is 16.3. The molecule has 0 aliphatic heterocycles. The molecule has 9 atom stereocenters. The molecular formula is C28H46O. The van der Waals surface area contributed by atoms with Crippen LogP contribution in [0.4, 0.5) is 0 Å². The van der Waals surface area contributed by atoms with Crippen molar-refractivity contribution < 1.29 is 5.11 Å². The van der Waals surface area contributed by atoms with Crippen molar-refractivity contribution >= 4 is 0 Å². The van der Waals surface area contributed by atoms with Gasteiger partial charge in [-0.15, -0.1) is 0 Å². The molecule has 1 nitrogen and oxygen atoms in total. The van der Waals surface area contributed by atoms with Crippen LogP contribution in [-0.2, 0) is 0 Å². The molecule has 0 saturated heterocycles. The normalized spacial score (nSPS) is 46.8. The molecule has 0 radical (unpaired) electrons. The summed E-state index contributed by atoms with van der Waals surface area (Å²) in [5.74, 6) is 5.70. The van der Waals surface area contributed by atoms with Gasteiger partial charge in [-0.3, -0.25) is 0 Å². The fourth-order valence-electron chi connectivity index (χ4n) is 8.32. The molecule has 0 unspecified atom stereocenters. The Hall–Kier alpha value is -0.560. The van der Waals surface area contributed by atoms with Crippen LogP contribution in [0.25, 0.3) is 0 Å². The van der Waals surface area contributed by atoms with Gasteiger partial charge >= 0.3 is 0 Å². The van der Waals surface area contributed by atoms with Crippen molar-refractivity contribution in [2.45, 2.75) is 99.0 Å². The third-order valence-corrected chi connectivity index (χ3v) is 10.6. The molecule has 1 heteroatoms. The van der Waals surface area contributed by atoms with Crippen LogP contribution in [0, 0.1) is 52.3 Å². The Morgan fingerprint density at radius 2 is 1.69 bits per heavy atom. The van der Waals surface area contributed by atoms with E-state index in [2.05, 4.69) is 59.8 Å². The van der Waals surface area contributed by atoms with E-state index in [1.165, 1.54) is 44.9 Å². The molecule has 0 aromatic rings. The third-order valence-electron chi connectivity index (χ3n) is 10.6. The molecule has 29 heavy (non-hydrogen) atoms. The van der Waals surface area contributed by atoms with E-state index in [9.17, 15) is 5.11 Å². The number of aliphatic hydroxyl groups is 1. The van der Waals surface area contributed by atoms with Crippen LogP contribution < -0.4 is 0 Å². The Kier molecular flexibility index (Phi) is 5.86. The first-order chi connectivity index (χ1) is 13.7. The Balaban J connectivity index is 1.52. The van der Waals surface area contributed by atoms with E-state index in [-0.39, 0.29) is 6.10 Å². The molecule has 4 rings (SSSR count). The molecule has 1 N–H and O–H groups in total. The zero-order chi connectivity index (χ0) is 21.0. The van der Waals surface area contributed by atoms with Crippen LogP contribution in [0.5, 0.6) is 0 Å². The highest BCUT2D eigenvalue weighted by molar-refractivity contribution is 5.25. The van der Waals surface area contributed by atoms with Gasteiger partial charge in [-0.2, -0.15) is 0 Å². The minimum Gasteiger partial charge on any atom is -0.389 e. The predicted molar refractivity (Wildman–Crippen MR) is 124 cm³/mol. The van der Waals surface area contributed by atoms with E-state index in [0.717, 1.165) is 36.0 Å². The topological polar surface area (TPSA) is 20.2 Å². The van der Waals surface area contributed by atoms with Crippen LogP contribution >= 0.6 is 0 Å². The van der Waals surface area contributed by atoms with Gasteiger partial charge in [0.1, 0.15) is 0 Å². The van der Waals surface area contributed by atoms with Crippen molar-refractivity contribution in [3.8, 4) is 0 Å². The van der Waals surface area contributed by atoms with Gasteiger partial charge in [0.25, 0.3) is 0 Å². The van der Waals surface area contributed by atoms with Gasteiger partial charge in [0.2, 0.25) is 0 Å². The number of rotatable bonds is 4. The minimum absolute atomic E-state index is 0.180. The maximum Gasteiger partial charge on any atom is 0.0724 e. The van der Waals surface area contributed by atoms with Crippen LogP contribution in [0.2, 0.25) is 0 Å². The van der Waals surface area contributed by atoms with Gasteiger partial charge in [0.15, 0.2) is 0 Å². The average Bonchev–Trinajstić information content (AvgIpc) is 3.03. The van der Waals surface area contributed by atoms with E-state index in [0.29, 0.717) is 22.7 Å². The van der Waals surface area contributed by atoms with Crippen molar-refractivity contribution in [1.82, 2.24) is 0 Å². The quantitative estimate of drug-likeness (QED) is 0.489. The van der Waals surface area contributed by atoms with E-state index >= 15 is 0 Å². The van der Waals surface area contributed by atoms with Gasteiger partial charge < -0.3 is 5.11 Å². The Morgan fingerprint density at radius 3 is 2.41 bits per heavy atom. The molecule has 164 valence electrons. The van der Waals surface area contributed by atoms with E-state index in [1.54, 1.807) is 5.57 Å². The lowest BCUT2D eigenvalue weighted by atomic mass is 9.46. The molecule has 0 aromatic heterocycles. The maximum atomic E-state index is 10.2. The Labute approximate surface area is 180 Å². The molecule has 4 aliphatic rings. The maximum absolute atomic E-state index is 10.2. The monoisotopic (exact) mass is 398 g/mol. The summed E-state index contributed by atoms with van der Waals surface area (Å²) in [6, 6.07) is 0. The standard InChI is InChI=1S/C28H46O/c1-18(2)19(3)7-8-20(4)24-11-12-25-23-10-9-21-17-22(29)13-15-27(21,5)26(23)14-16-28(24,25)6/h7-8,17-20,22-26,29H,9-16H2,1-6H3/t19-,20+,22-,23-,24+,25-,26-,27-,28+/m0/s1. The average molecular weight is 399 g/mol. The van der Waals surface area contributed by atoms with Gasteiger partial charge in [0, 0.05) is 0 Å². The van der Waals surface area contributed by atoms with Gasteiger partial charge in [-0.1, -0.05) is 65.3 Å². The zero-order valence-corrected chi connectivity index (χ0v) is 20.0. The fraction of sp³-hybridized carbons (Fsp3) is 0.857. The lowest BCUT2D eigenvalue weighted by Crippen LogP contribution is -2.51. The molecule has 0 aromatic carbocycles. The van der Waals surface area contributed by atoms with Crippen LogP contribution in [-0.4, -0.2) is 11.2 Å². The summed E-state index contributed by atoms with van der Waals surface area (Å²) in [5.41, 5.74) is 2.52. The first-order valence-electron chi connectivity index (χ1n) is 12.7. The van der Waals surface area contributed by atoms with Gasteiger partial charge in [0.05, 0.1) is 6.10 Å². The number of aliphatic hydroxyl groups excluding tert-OH is 1. The van der Waals surface area contributed by atoms with Crippen molar-refractivity contribution in [3.05, 3.63) is 23.8 Å². The molecule has 3 fully saturated rings. The third kappa shape index (κ3) is 3.58. The molecule has 4 aliphatic carbocycles. The molecule has 3 saturated carbocycles. The lowest BCUT2D eigenvalue weighted by Gasteiger charge is -2.59. The summed E-state index contributed by atoms with van der Waals surface area (Å²) < 4.78 is 0. The van der Waals surface area contributed by atoms with Crippen molar-refractivity contribution in [3.63, 3.8) is 0 Å². The van der Waals surface area contributed by atoms with Crippen LogP contribution in [0.15, 0.2) is 23.8 Å². The summed E-state index contributed by atoms with van der Waals surface area (Å²) in [6.45, 7) is 14.8. The van der Waals surface area contributed by atoms with Gasteiger partial charge in [-0.25, -0.2) is 0 Å². The summed E-state index contributed by atoms with van der Waals surface area (Å²) in [6.07, 6.45) is 17.7. The summed E-state index contributed by atoms with van der Waals surface area (Å²) >= 11 is 0. The Morgan fingerprint density at radius 1 is 0.931 bits per heavy atom. The van der Waals surface area contributed by atoms with E-state index in [4.69, 9.17) is 0 Å². The molecule has 0 bridgehead atoms. The SMILES string of the molecule is CC(C)[C@@H](C)C=C[C@@H](C)[C@H]1CC[C@H]2[C@@H]3CCC4=C[C@@H](O)CC[C@]4(C)[C@H]3CC[C@]12C. The largest absolute Gasteiger partial charge is 0.389 e. The second kappa shape index (κ2) is 7.85. The Bertz CT molecular complexity index is 659. The summed E-state index contributed by atoms with van der Waals surface area (Å²) in [5, 5.41) is 10.2. The minimum atomic E-state index is -0.180. The molecule has 0 amide bonds. The van der Waals surface area contributed by atoms with Gasteiger partial charge in [-0.05, 0) is 104 Å². The van der Waals surface area contributed by atoms with E-state index in [1.807, 2.05) is 0 Å². The summed E-state index contributed by atoms with van der Waals surface area (Å²) in [7, 11) is 0. The highest BCUT2D eigenvalue weighted by Crippen LogP contribution is 2.67. The first kappa shape index (κ1) is 21.7. The number of allylic oxidation sites excluding steroid dienone is 3. The number of fused-ring (bicyclic) bond motifs is 5. The second-order valence-electron chi connectivity index (χ2n) is 12.2.